The first-order valence-electron chi connectivity index (χ1n) is 5.93. The Hall–Kier alpha value is -1.25. The van der Waals surface area contributed by atoms with E-state index in [9.17, 15) is 18.3 Å². The molecule has 1 aromatic carbocycles. The van der Waals surface area contributed by atoms with Gasteiger partial charge in [0.2, 0.25) is 10.0 Å². The molecule has 0 radical (unpaired) electrons. The van der Waals surface area contributed by atoms with Crippen molar-refractivity contribution in [3.8, 4) is 5.75 Å². The van der Waals surface area contributed by atoms with Crippen LogP contribution in [0, 0.1) is 0 Å². The van der Waals surface area contributed by atoms with E-state index in [0.29, 0.717) is 11.5 Å². The Morgan fingerprint density at radius 2 is 2.25 bits per heavy atom. The highest BCUT2D eigenvalue weighted by Crippen LogP contribution is 2.26. The molecular weight excluding hydrogens is 302 g/mol. The van der Waals surface area contributed by atoms with Crippen LogP contribution >= 0.6 is 11.8 Å². The molecule has 1 fully saturated rings. The van der Waals surface area contributed by atoms with Crippen LogP contribution in [0.3, 0.4) is 0 Å². The molecule has 110 valence electrons. The summed E-state index contributed by atoms with van der Waals surface area (Å²) in [6.07, 6.45) is 0. The molecule has 20 heavy (non-hydrogen) atoms. The molecule has 1 heterocycles. The van der Waals surface area contributed by atoms with Crippen molar-refractivity contribution >= 4 is 27.8 Å². The molecule has 1 aromatic rings. The van der Waals surface area contributed by atoms with Crippen LogP contribution in [0.1, 0.15) is 0 Å². The summed E-state index contributed by atoms with van der Waals surface area (Å²) in [7, 11) is -2.38. The molecular formula is C12H15NO5S2. The van der Waals surface area contributed by atoms with Gasteiger partial charge in [-0.1, -0.05) is 6.07 Å². The number of aliphatic carboxylic acids is 1. The number of sulfonamides is 1. The first-order chi connectivity index (χ1) is 9.46. The van der Waals surface area contributed by atoms with Crippen LogP contribution in [0.15, 0.2) is 29.2 Å². The summed E-state index contributed by atoms with van der Waals surface area (Å²) in [4.78, 5) is 11.3. The Balaban J connectivity index is 2.39. The third kappa shape index (κ3) is 2.92. The predicted octanol–water partition coefficient (Wildman–Crippen LogP) is 0.886. The quantitative estimate of drug-likeness (QED) is 0.888. The van der Waals surface area contributed by atoms with Crippen molar-refractivity contribution in [2.75, 3.05) is 25.2 Å². The number of ether oxygens (including phenoxy) is 1. The van der Waals surface area contributed by atoms with Crippen LogP contribution in [0.2, 0.25) is 0 Å². The lowest BCUT2D eigenvalue weighted by atomic mass is 10.3. The van der Waals surface area contributed by atoms with E-state index in [0.717, 1.165) is 4.31 Å². The minimum Gasteiger partial charge on any atom is -0.497 e. The number of hydrogen-bond donors (Lipinski definition) is 1. The van der Waals surface area contributed by atoms with E-state index in [1.54, 1.807) is 12.1 Å². The van der Waals surface area contributed by atoms with Gasteiger partial charge in [0, 0.05) is 24.1 Å². The van der Waals surface area contributed by atoms with Crippen LogP contribution in [0.25, 0.3) is 0 Å². The van der Waals surface area contributed by atoms with Crippen molar-refractivity contribution < 1.29 is 23.1 Å². The zero-order valence-corrected chi connectivity index (χ0v) is 12.5. The highest BCUT2D eigenvalue weighted by atomic mass is 32.2. The van der Waals surface area contributed by atoms with Gasteiger partial charge in [-0.15, -0.1) is 0 Å². The van der Waals surface area contributed by atoms with Gasteiger partial charge in [-0.2, -0.15) is 16.1 Å². The average molecular weight is 317 g/mol. The SMILES string of the molecule is COc1cccc(S(=O)(=O)N2CCSCC2C(=O)O)c1. The second kappa shape index (κ2) is 6.02. The summed E-state index contributed by atoms with van der Waals surface area (Å²) in [5.41, 5.74) is 0. The number of methoxy groups -OCH3 is 1. The highest BCUT2D eigenvalue weighted by Gasteiger charge is 2.38. The second-order valence-electron chi connectivity index (χ2n) is 4.22. The Morgan fingerprint density at radius 3 is 2.90 bits per heavy atom. The Bertz CT molecular complexity index is 602. The summed E-state index contributed by atoms with van der Waals surface area (Å²) in [5, 5.41) is 9.18. The Morgan fingerprint density at radius 1 is 1.50 bits per heavy atom. The van der Waals surface area contributed by atoms with Gasteiger partial charge in [-0.25, -0.2) is 8.42 Å². The van der Waals surface area contributed by atoms with E-state index >= 15 is 0 Å². The molecule has 6 nitrogen and oxygen atoms in total. The van der Waals surface area contributed by atoms with Crippen molar-refractivity contribution in [3.05, 3.63) is 24.3 Å². The molecule has 0 spiro atoms. The van der Waals surface area contributed by atoms with Crippen molar-refractivity contribution in [1.29, 1.82) is 0 Å². The molecule has 1 saturated heterocycles. The summed E-state index contributed by atoms with van der Waals surface area (Å²) >= 11 is 1.44. The van der Waals surface area contributed by atoms with Gasteiger partial charge in [0.15, 0.2) is 0 Å². The first-order valence-corrected chi connectivity index (χ1v) is 8.52. The van der Waals surface area contributed by atoms with Crippen LogP contribution in [-0.4, -0.2) is 55.0 Å². The van der Waals surface area contributed by atoms with Gasteiger partial charge < -0.3 is 9.84 Å². The molecule has 1 aliphatic rings. The number of thioether (sulfide) groups is 1. The predicted molar refractivity (Wildman–Crippen MR) is 75.6 cm³/mol. The number of hydrogen-bond acceptors (Lipinski definition) is 5. The van der Waals surface area contributed by atoms with Crippen molar-refractivity contribution in [2.24, 2.45) is 0 Å². The third-order valence-electron chi connectivity index (χ3n) is 3.01. The minimum absolute atomic E-state index is 0.0509. The maximum atomic E-state index is 12.6. The Labute approximate surface area is 121 Å². The van der Waals surface area contributed by atoms with Crippen molar-refractivity contribution in [2.45, 2.75) is 10.9 Å². The van der Waals surface area contributed by atoms with Gasteiger partial charge in [0.1, 0.15) is 11.8 Å². The van der Waals surface area contributed by atoms with Crippen LogP contribution in [0.5, 0.6) is 5.75 Å². The number of nitrogens with zero attached hydrogens (tertiary/aromatic N) is 1. The van der Waals surface area contributed by atoms with Crippen molar-refractivity contribution in [3.63, 3.8) is 0 Å². The van der Waals surface area contributed by atoms with Crippen LogP contribution in [0.4, 0.5) is 0 Å². The topological polar surface area (TPSA) is 83.9 Å². The van der Waals surface area contributed by atoms with Crippen molar-refractivity contribution in [1.82, 2.24) is 4.31 Å². The van der Waals surface area contributed by atoms with Gasteiger partial charge in [0.05, 0.1) is 12.0 Å². The normalized spacial score (nSPS) is 20.6. The molecule has 0 bridgehead atoms. The number of carboxylic acid groups (broad SMARTS) is 1. The van der Waals surface area contributed by atoms with E-state index in [4.69, 9.17) is 4.74 Å². The number of carbonyl (C=O) groups is 1. The van der Waals surface area contributed by atoms with Gasteiger partial charge >= 0.3 is 5.97 Å². The van der Waals surface area contributed by atoms with Gasteiger partial charge in [0.25, 0.3) is 0 Å². The zero-order chi connectivity index (χ0) is 14.8. The summed E-state index contributed by atoms with van der Waals surface area (Å²) in [6, 6.07) is 5.03. The fourth-order valence-corrected chi connectivity index (χ4v) is 4.83. The smallest absolute Gasteiger partial charge is 0.322 e. The van der Waals surface area contributed by atoms with Crippen LogP contribution < -0.4 is 4.74 Å². The number of benzene rings is 1. The monoisotopic (exact) mass is 317 g/mol. The molecule has 0 amide bonds. The van der Waals surface area contributed by atoms with E-state index < -0.39 is 22.0 Å². The third-order valence-corrected chi connectivity index (χ3v) is 5.94. The standard InChI is InChI=1S/C12H15NO5S2/c1-18-9-3-2-4-10(7-9)20(16,17)13-5-6-19-8-11(13)12(14)15/h2-4,7,11H,5-6,8H2,1H3,(H,14,15). The number of rotatable bonds is 4. The number of carboxylic acids is 1. The minimum atomic E-state index is -3.83. The van der Waals surface area contributed by atoms with Crippen LogP contribution in [-0.2, 0) is 14.8 Å². The average Bonchev–Trinajstić information content (AvgIpc) is 2.47. The summed E-state index contributed by atoms with van der Waals surface area (Å²) in [5.74, 6) is 0.152. The molecule has 2 rings (SSSR count). The lowest BCUT2D eigenvalue weighted by molar-refractivity contribution is -0.140. The first kappa shape index (κ1) is 15.1. The fourth-order valence-electron chi connectivity index (χ4n) is 1.97. The summed E-state index contributed by atoms with van der Waals surface area (Å²) < 4.78 is 31.2. The molecule has 0 aromatic heterocycles. The summed E-state index contributed by atoms with van der Waals surface area (Å²) in [6.45, 7) is 0.196. The van der Waals surface area contributed by atoms with E-state index in [1.807, 2.05) is 0 Å². The van der Waals surface area contributed by atoms with Gasteiger partial charge in [-0.05, 0) is 12.1 Å². The maximum Gasteiger partial charge on any atom is 0.322 e. The van der Waals surface area contributed by atoms with E-state index in [-0.39, 0.29) is 17.2 Å². The van der Waals surface area contributed by atoms with Gasteiger partial charge in [-0.3, -0.25) is 4.79 Å². The molecule has 8 heteroatoms. The van der Waals surface area contributed by atoms with E-state index in [2.05, 4.69) is 0 Å². The largest absolute Gasteiger partial charge is 0.497 e. The lowest BCUT2D eigenvalue weighted by Gasteiger charge is -2.31. The molecule has 0 aliphatic carbocycles. The Kier molecular flexibility index (Phi) is 4.56. The molecule has 0 saturated carbocycles. The molecule has 1 unspecified atom stereocenters. The highest BCUT2D eigenvalue weighted by molar-refractivity contribution is 7.99. The fraction of sp³-hybridized carbons (Fsp3) is 0.417. The maximum absolute atomic E-state index is 12.6. The van der Waals surface area contributed by atoms with E-state index in [1.165, 1.54) is 31.0 Å². The molecule has 1 aliphatic heterocycles. The molecule has 1 N–H and O–H groups in total. The zero-order valence-electron chi connectivity index (χ0n) is 10.9. The lowest BCUT2D eigenvalue weighted by Crippen LogP contribution is -2.50. The molecule has 1 atom stereocenters. The second-order valence-corrected chi connectivity index (χ2v) is 7.26.